The van der Waals surface area contributed by atoms with E-state index in [4.69, 9.17) is 12.2 Å². The van der Waals surface area contributed by atoms with Crippen LogP contribution in [0.3, 0.4) is 0 Å². The largest absolute Gasteiger partial charge is 0.356 e. The predicted octanol–water partition coefficient (Wildman–Crippen LogP) is 0.751. The molecular formula is C20H30N4S2+2. The monoisotopic (exact) mass is 390 g/mol. The summed E-state index contributed by atoms with van der Waals surface area (Å²) in [6.45, 7) is 7.95. The van der Waals surface area contributed by atoms with E-state index < -0.39 is 0 Å². The molecule has 0 saturated carbocycles. The number of hydrogen-bond acceptors (Lipinski definition) is 2. The molecule has 0 spiro atoms. The van der Waals surface area contributed by atoms with Crippen LogP contribution in [0.5, 0.6) is 0 Å². The molecule has 2 heterocycles. The molecule has 1 aromatic carbocycles. The number of quaternary nitrogens is 2. The summed E-state index contributed by atoms with van der Waals surface area (Å²) in [6, 6.07) is 13.4. The molecule has 0 bridgehead atoms. The normalized spacial score (nSPS) is 21.2. The van der Waals surface area contributed by atoms with E-state index in [1.165, 1.54) is 36.6 Å². The molecule has 1 saturated heterocycles. The van der Waals surface area contributed by atoms with Gasteiger partial charge in [0.25, 0.3) is 0 Å². The van der Waals surface area contributed by atoms with Crippen molar-refractivity contribution in [2.75, 3.05) is 45.1 Å². The number of likely N-dealkylation sites (N-methyl/N-ethyl adjacent to an activating group) is 1. The van der Waals surface area contributed by atoms with Crippen LogP contribution in [0.4, 0.5) is 5.69 Å². The summed E-state index contributed by atoms with van der Waals surface area (Å²) in [7, 11) is 2.29. The molecule has 6 heteroatoms. The molecule has 4 nitrogen and oxygen atoms in total. The van der Waals surface area contributed by atoms with E-state index in [1.54, 1.807) is 9.80 Å². The number of anilines is 1. The third-order valence-corrected chi connectivity index (χ3v) is 6.44. The van der Waals surface area contributed by atoms with E-state index in [2.05, 4.69) is 66.4 Å². The summed E-state index contributed by atoms with van der Waals surface area (Å²) in [6.07, 6.45) is 1.06. The number of benzene rings is 1. The minimum atomic E-state index is 0.463. The second kappa shape index (κ2) is 9.46. The van der Waals surface area contributed by atoms with Crippen LogP contribution in [0.15, 0.2) is 41.8 Å². The lowest BCUT2D eigenvalue weighted by Crippen LogP contribution is -3.27. The van der Waals surface area contributed by atoms with Gasteiger partial charge in [-0.25, -0.2) is 0 Å². The van der Waals surface area contributed by atoms with Crippen LogP contribution in [-0.4, -0.2) is 44.9 Å². The number of hydrogen-bond donors (Lipinski definition) is 4. The Hall–Kier alpha value is -1.47. The summed E-state index contributed by atoms with van der Waals surface area (Å²) in [4.78, 5) is 4.75. The molecule has 0 aliphatic carbocycles. The third-order valence-electron chi connectivity index (χ3n) is 5.21. The van der Waals surface area contributed by atoms with Crippen molar-refractivity contribution in [2.24, 2.45) is 0 Å². The molecule has 3 rings (SSSR count). The average molecular weight is 391 g/mol. The van der Waals surface area contributed by atoms with Gasteiger partial charge in [0, 0.05) is 5.69 Å². The summed E-state index contributed by atoms with van der Waals surface area (Å²) in [5.41, 5.74) is 2.39. The van der Waals surface area contributed by atoms with E-state index in [9.17, 15) is 0 Å². The van der Waals surface area contributed by atoms with Crippen LogP contribution in [0.25, 0.3) is 0 Å². The number of thiocarbonyl (C=S) groups is 1. The van der Waals surface area contributed by atoms with Gasteiger partial charge in [-0.05, 0) is 47.8 Å². The topological polar surface area (TPSA) is 32.9 Å². The van der Waals surface area contributed by atoms with Crippen molar-refractivity contribution in [1.82, 2.24) is 5.32 Å². The quantitative estimate of drug-likeness (QED) is 0.550. The van der Waals surface area contributed by atoms with Gasteiger partial charge in [-0.2, -0.15) is 0 Å². The summed E-state index contributed by atoms with van der Waals surface area (Å²) in [5.74, 6) is 0. The van der Waals surface area contributed by atoms with Crippen LogP contribution in [0.2, 0.25) is 0 Å². The summed E-state index contributed by atoms with van der Waals surface area (Å²) >= 11 is 7.39. The van der Waals surface area contributed by atoms with Gasteiger partial charge >= 0.3 is 0 Å². The van der Waals surface area contributed by atoms with Crippen LogP contribution in [0.1, 0.15) is 23.4 Å². The van der Waals surface area contributed by atoms with E-state index in [-0.39, 0.29) is 0 Å². The smallest absolute Gasteiger partial charge is 0.171 e. The van der Waals surface area contributed by atoms with Crippen LogP contribution in [0, 0.1) is 0 Å². The van der Waals surface area contributed by atoms with Crippen molar-refractivity contribution in [3.05, 3.63) is 52.2 Å². The molecular weight excluding hydrogens is 360 g/mol. The van der Waals surface area contributed by atoms with Crippen molar-refractivity contribution in [2.45, 2.75) is 19.4 Å². The molecule has 1 aliphatic heterocycles. The molecule has 1 fully saturated rings. The van der Waals surface area contributed by atoms with Gasteiger partial charge in [0.15, 0.2) is 5.11 Å². The number of thiophene rings is 1. The Kier molecular flexibility index (Phi) is 7.02. The molecule has 4 N–H and O–H groups in total. The van der Waals surface area contributed by atoms with Gasteiger partial charge in [-0.3, -0.25) is 0 Å². The van der Waals surface area contributed by atoms with Crippen molar-refractivity contribution in [3.8, 4) is 0 Å². The minimum absolute atomic E-state index is 0.463. The second-order valence-electron chi connectivity index (χ2n) is 7.07. The molecule has 1 aliphatic rings. The van der Waals surface area contributed by atoms with E-state index >= 15 is 0 Å². The minimum Gasteiger partial charge on any atom is -0.356 e. The Morgan fingerprint density at radius 2 is 1.88 bits per heavy atom. The van der Waals surface area contributed by atoms with Gasteiger partial charge in [0.1, 0.15) is 32.2 Å². The highest BCUT2D eigenvalue weighted by molar-refractivity contribution is 7.80. The lowest BCUT2D eigenvalue weighted by Gasteiger charge is -2.33. The second-order valence-corrected chi connectivity index (χ2v) is 8.46. The first-order chi connectivity index (χ1) is 12.7. The Morgan fingerprint density at radius 1 is 1.15 bits per heavy atom. The van der Waals surface area contributed by atoms with Crippen molar-refractivity contribution in [3.63, 3.8) is 0 Å². The summed E-state index contributed by atoms with van der Waals surface area (Å²) in [5, 5.41) is 9.65. The standard InChI is InChI=1S/C20H28N4S2/c1-3-16-6-8-17(9-7-16)22-20(25)21-15-18(19-5-4-14-26-19)24-12-10-23(2)11-13-24/h4-9,14,18H,3,10-13,15H2,1-2H3,(H2,21,22,25)/p+2/t18-/m0/s1. The molecule has 2 aromatic rings. The van der Waals surface area contributed by atoms with E-state index in [0.717, 1.165) is 18.7 Å². The highest BCUT2D eigenvalue weighted by atomic mass is 32.1. The van der Waals surface area contributed by atoms with Gasteiger partial charge < -0.3 is 20.4 Å². The maximum atomic E-state index is 5.53. The molecule has 0 unspecified atom stereocenters. The van der Waals surface area contributed by atoms with E-state index in [1.807, 2.05) is 11.3 Å². The summed E-state index contributed by atoms with van der Waals surface area (Å²) < 4.78 is 0. The maximum absolute atomic E-state index is 5.53. The van der Waals surface area contributed by atoms with Crippen molar-refractivity contribution in [1.29, 1.82) is 0 Å². The number of aryl methyl sites for hydroxylation is 1. The lowest BCUT2D eigenvalue weighted by atomic mass is 10.1. The van der Waals surface area contributed by atoms with Crippen LogP contribution < -0.4 is 20.4 Å². The zero-order valence-corrected chi connectivity index (χ0v) is 17.3. The van der Waals surface area contributed by atoms with E-state index in [0.29, 0.717) is 11.2 Å². The first-order valence-corrected chi connectivity index (χ1v) is 10.8. The Labute approximate surface area is 166 Å². The van der Waals surface area contributed by atoms with Gasteiger partial charge in [0.2, 0.25) is 0 Å². The van der Waals surface area contributed by atoms with Crippen molar-refractivity contribution < 1.29 is 9.80 Å². The maximum Gasteiger partial charge on any atom is 0.171 e. The fraction of sp³-hybridized carbons (Fsp3) is 0.450. The number of rotatable bonds is 6. The molecule has 0 amide bonds. The number of piperazine rings is 1. The van der Waals surface area contributed by atoms with Crippen LogP contribution in [-0.2, 0) is 6.42 Å². The average Bonchev–Trinajstić information content (AvgIpc) is 3.18. The molecule has 26 heavy (non-hydrogen) atoms. The molecule has 1 aromatic heterocycles. The Balaban J connectivity index is 1.57. The van der Waals surface area contributed by atoms with Gasteiger partial charge in [-0.15, -0.1) is 11.3 Å². The molecule has 0 radical (unpaired) electrons. The highest BCUT2D eigenvalue weighted by Gasteiger charge is 2.29. The lowest BCUT2D eigenvalue weighted by molar-refractivity contribution is -1.02. The van der Waals surface area contributed by atoms with Gasteiger partial charge in [0.05, 0.1) is 18.5 Å². The van der Waals surface area contributed by atoms with Crippen LogP contribution >= 0.6 is 23.6 Å². The zero-order valence-electron chi connectivity index (χ0n) is 15.7. The SMILES string of the molecule is CCc1ccc(NC(=S)NC[C@@H](c2cccs2)[NH+]2CC[NH+](C)CC2)cc1. The molecule has 1 atom stereocenters. The number of nitrogens with one attached hydrogen (secondary N) is 4. The third kappa shape index (κ3) is 5.27. The predicted molar refractivity (Wildman–Crippen MR) is 114 cm³/mol. The fourth-order valence-corrected chi connectivity index (χ4v) is 4.56. The van der Waals surface area contributed by atoms with Crippen molar-refractivity contribution >= 4 is 34.4 Å². The molecule has 140 valence electrons. The Bertz CT molecular complexity index is 676. The first kappa shape index (κ1) is 19.3. The first-order valence-electron chi connectivity index (χ1n) is 9.48. The zero-order chi connectivity index (χ0) is 18.4. The highest BCUT2D eigenvalue weighted by Crippen LogP contribution is 2.16. The van der Waals surface area contributed by atoms with Gasteiger partial charge in [-0.1, -0.05) is 25.1 Å². The fourth-order valence-electron chi connectivity index (χ4n) is 3.48. The Morgan fingerprint density at radius 3 is 2.50 bits per heavy atom.